The van der Waals surface area contributed by atoms with Crippen molar-refractivity contribution in [2.45, 2.75) is 6.54 Å². The standard InChI is InChI=1S/C23H23BrN4O4/c1-28(2)14-21(29)26-17-7-3-5-15(11-17)13-25-22(30)16-6-4-8-18(12-16)27-23(31)19-9-10-20(24)32-19/h3-12H,13-14H2,1-2H3,(H,25,30)(H,26,29)(H,27,31). The van der Waals surface area contributed by atoms with E-state index in [9.17, 15) is 14.4 Å². The number of halogens is 1. The number of likely N-dealkylation sites (N-methyl/N-ethyl adjacent to an activating group) is 1. The maximum atomic E-state index is 12.6. The molecule has 0 aliphatic rings. The summed E-state index contributed by atoms with van der Waals surface area (Å²) in [6.45, 7) is 0.568. The van der Waals surface area contributed by atoms with Gasteiger partial charge in [0.25, 0.3) is 11.8 Å². The third kappa shape index (κ3) is 6.79. The first kappa shape index (κ1) is 23.2. The van der Waals surface area contributed by atoms with Gasteiger partial charge in [-0.05, 0) is 78.1 Å². The molecule has 0 fully saturated rings. The fourth-order valence-electron chi connectivity index (χ4n) is 2.90. The van der Waals surface area contributed by atoms with Crippen LogP contribution in [0, 0.1) is 0 Å². The van der Waals surface area contributed by atoms with E-state index < -0.39 is 5.91 Å². The number of nitrogens with one attached hydrogen (secondary N) is 3. The molecule has 9 heteroatoms. The average molecular weight is 499 g/mol. The van der Waals surface area contributed by atoms with Crippen LogP contribution < -0.4 is 16.0 Å². The van der Waals surface area contributed by atoms with E-state index in [4.69, 9.17) is 4.42 Å². The van der Waals surface area contributed by atoms with Gasteiger partial charge in [0.05, 0.1) is 6.54 Å². The molecule has 32 heavy (non-hydrogen) atoms. The van der Waals surface area contributed by atoms with Crippen LogP contribution in [0.15, 0.2) is 69.8 Å². The Morgan fingerprint density at radius 3 is 2.31 bits per heavy atom. The number of hydrogen-bond donors (Lipinski definition) is 3. The zero-order chi connectivity index (χ0) is 23.1. The number of nitrogens with zero attached hydrogens (tertiary/aromatic N) is 1. The van der Waals surface area contributed by atoms with Crippen LogP contribution in [0.25, 0.3) is 0 Å². The quantitative estimate of drug-likeness (QED) is 0.439. The van der Waals surface area contributed by atoms with Crippen molar-refractivity contribution in [3.63, 3.8) is 0 Å². The molecule has 0 bridgehead atoms. The Morgan fingerprint density at radius 1 is 0.906 bits per heavy atom. The van der Waals surface area contributed by atoms with E-state index in [2.05, 4.69) is 31.9 Å². The van der Waals surface area contributed by atoms with E-state index in [1.165, 1.54) is 0 Å². The molecule has 0 unspecified atom stereocenters. The maximum absolute atomic E-state index is 12.6. The number of rotatable bonds is 8. The highest BCUT2D eigenvalue weighted by atomic mass is 79.9. The van der Waals surface area contributed by atoms with Crippen molar-refractivity contribution < 1.29 is 18.8 Å². The zero-order valence-electron chi connectivity index (χ0n) is 17.6. The molecule has 0 atom stereocenters. The van der Waals surface area contributed by atoms with Crippen molar-refractivity contribution in [3.05, 3.63) is 82.2 Å². The number of anilines is 2. The Kier molecular flexibility index (Phi) is 7.80. The lowest BCUT2D eigenvalue weighted by Gasteiger charge is -2.11. The summed E-state index contributed by atoms with van der Waals surface area (Å²) in [5.74, 6) is -0.661. The number of carbonyl (C=O) groups is 3. The first-order valence-electron chi connectivity index (χ1n) is 9.78. The summed E-state index contributed by atoms with van der Waals surface area (Å²) < 4.78 is 5.69. The van der Waals surface area contributed by atoms with Crippen LogP contribution in [0.1, 0.15) is 26.5 Å². The predicted octanol–water partition coefficient (Wildman–Crippen LogP) is 3.72. The molecule has 1 heterocycles. The normalized spacial score (nSPS) is 10.6. The minimum absolute atomic E-state index is 0.114. The molecular formula is C23H23BrN4O4. The van der Waals surface area contributed by atoms with Crippen molar-refractivity contribution in [2.75, 3.05) is 31.3 Å². The molecule has 3 amide bonds. The van der Waals surface area contributed by atoms with Crippen molar-refractivity contribution in [1.82, 2.24) is 10.2 Å². The molecule has 0 saturated carbocycles. The molecule has 1 aromatic heterocycles. The SMILES string of the molecule is CN(C)CC(=O)Nc1cccc(CNC(=O)c2cccc(NC(=O)c3ccc(Br)o3)c2)c1. The second-order valence-corrected chi connectivity index (χ2v) is 8.09. The smallest absolute Gasteiger partial charge is 0.291 e. The largest absolute Gasteiger partial charge is 0.444 e. The van der Waals surface area contributed by atoms with Crippen molar-refractivity contribution in [1.29, 1.82) is 0 Å². The van der Waals surface area contributed by atoms with Crippen molar-refractivity contribution >= 4 is 45.0 Å². The van der Waals surface area contributed by atoms with E-state index >= 15 is 0 Å². The number of furan rings is 1. The van der Waals surface area contributed by atoms with Gasteiger partial charge in [0.15, 0.2) is 10.4 Å². The van der Waals surface area contributed by atoms with Crippen LogP contribution in [-0.4, -0.2) is 43.3 Å². The second kappa shape index (κ2) is 10.7. The summed E-state index contributed by atoms with van der Waals surface area (Å²) in [6.07, 6.45) is 0. The lowest BCUT2D eigenvalue weighted by Crippen LogP contribution is -2.27. The van der Waals surface area contributed by atoms with E-state index in [1.54, 1.807) is 47.4 Å². The van der Waals surface area contributed by atoms with E-state index in [0.717, 1.165) is 5.56 Å². The molecule has 0 radical (unpaired) electrons. The van der Waals surface area contributed by atoms with Crippen LogP contribution in [0.2, 0.25) is 0 Å². The van der Waals surface area contributed by atoms with Crippen molar-refractivity contribution in [2.24, 2.45) is 0 Å². The van der Waals surface area contributed by atoms with E-state index in [1.807, 2.05) is 32.3 Å². The van der Waals surface area contributed by atoms with Crippen molar-refractivity contribution in [3.8, 4) is 0 Å². The average Bonchev–Trinajstić information content (AvgIpc) is 3.18. The van der Waals surface area contributed by atoms with Crippen LogP contribution in [0.5, 0.6) is 0 Å². The van der Waals surface area contributed by atoms with Gasteiger partial charge in [-0.25, -0.2) is 0 Å². The summed E-state index contributed by atoms with van der Waals surface area (Å²) in [5.41, 5.74) is 2.38. The predicted molar refractivity (Wildman–Crippen MR) is 126 cm³/mol. The van der Waals surface area contributed by atoms with E-state index in [0.29, 0.717) is 21.6 Å². The first-order chi connectivity index (χ1) is 15.3. The third-order valence-electron chi connectivity index (χ3n) is 4.30. The Labute approximate surface area is 194 Å². The molecular weight excluding hydrogens is 476 g/mol. The van der Waals surface area contributed by atoms with Gasteiger partial charge < -0.3 is 25.3 Å². The highest BCUT2D eigenvalue weighted by molar-refractivity contribution is 9.10. The number of hydrogen-bond acceptors (Lipinski definition) is 5. The minimum Gasteiger partial charge on any atom is -0.444 e. The summed E-state index contributed by atoms with van der Waals surface area (Å²) in [6, 6.07) is 17.1. The molecule has 0 aliphatic heterocycles. The number of benzene rings is 2. The molecule has 3 N–H and O–H groups in total. The maximum Gasteiger partial charge on any atom is 0.291 e. The van der Waals surface area contributed by atoms with Gasteiger partial charge in [0.1, 0.15) is 0 Å². The third-order valence-corrected chi connectivity index (χ3v) is 4.73. The fraction of sp³-hybridized carbons (Fsp3) is 0.174. The lowest BCUT2D eigenvalue weighted by molar-refractivity contribution is -0.116. The molecule has 0 saturated heterocycles. The Hall–Kier alpha value is -3.43. The minimum atomic E-state index is -0.415. The molecule has 0 aliphatic carbocycles. The lowest BCUT2D eigenvalue weighted by atomic mass is 10.1. The Morgan fingerprint density at radius 2 is 1.62 bits per heavy atom. The van der Waals surface area contributed by atoms with Gasteiger partial charge in [0, 0.05) is 23.5 Å². The van der Waals surface area contributed by atoms with E-state index in [-0.39, 0.29) is 30.7 Å². The first-order valence-corrected chi connectivity index (χ1v) is 10.6. The molecule has 166 valence electrons. The summed E-state index contributed by atoms with van der Waals surface area (Å²) in [4.78, 5) is 38.5. The Balaban J connectivity index is 1.58. The van der Waals surface area contributed by atoms with Crippen LogP contribution >= 0.6 is 15.9 Å². The van der Waals surface area contributed by atoms with Crippen LogP contribution in [0.3, 0.4) is 0 Å². The summed E-state index contributed by atoms with van der Waals surface area (Å²) >= 11 is 3.16. The number of carbonyl (C=O) groups excluding carboxylic acids is 3. The second-order valence-electron chi connectivity index (χ2n) is 7.31. The molecule has 3 aromatic rings. The van der Waals surface area contributed by atoms with Crippen LogP contribution in [0.4, 0.5) is 11.4 Å². The van der Waals surface area contributed by atoms with Gasteiger partial charge in [-0.3, -0.25) is 14.4 Å². The molecule has 3 rings (SSSR count). The molecule has 2 aromatic carbocycles. The Bertz CT molecular complexity index is 1130. The summed E-state index contributed by atoms with van der Waals surface area (Å²) in [7, 11) is 3.64. The van der Waals surface area contributed by atoms with Gasteiger partial charge in [-0.1, -0.05) is 18.2 Å². The number of amides is 3. The fourth-order valence-corrected chi connectivity index (χ4v) is 3.20. The van der Waals surface area contributed by atoms with Crippen LogP contribution in [-0.2, 0) is 11.3 Å². The highest BCUT2D eigenvalue weighted by Gasteiger charge is 2.12. The van der Waals surface area contributed by atoms with Gasteiger partial charge in [0.2, 0.25) is 5.91 Å². The van der Waals surface area contributed by atoms with Gasteiger partial charge >= 0.3 is 0 Å². The monoisotopic (exact) mass is 498 g/mol. The highest BCUT2D eigenvalue weighted by Crippen LogP contribution is 2.17. The van der Waals surface area contributed by atoms with Gasteiger partial charge in [-0.2, -0.15) is 0 Å². The molecule has 8 nitrogen and oxygen atoms in total. The van der Waals surface area contributed by atoms with Gasteiger partial charge in [-0.15, -0.1) is 0 Å². The zero-order valence-corrected chi connectivity index (χ0v) is 19.2. The topological polar surface area (TPSA) is 104 Å². The molecule has 0 spiro atoms. The summed E-state index contributed by atoms with van der Waals surface area (Å²) in [5, 5.41) is 8.38.